The van der Waals surface area contributed by atoms with Gasteiger partial charge in [0.2, 0.25) is 5.91 Å². The normalized spacial score (nSPS) is 20.3. The molecule has 0 aromatic carbocycles. The average molecular weight is 536 g/mol. The first kappa shape index (κ1) is 29.9. The van der Waals surface area contributed by atoms with E-state index in [1.54, 1.807) is 24.4 Å². The van der Waals surface area contributed by atoms with Gasteiger partial charge in [-0.2, -0.15) is 0 Å². The molecule has 0 bridgehead atoms. The molecule has 0 aliphatic carbocycles. The van der Waals surface area contributed by atoms with E-state index in [1.807, 2.05) is 44.2 Å². The van der Waals surface area contributed by atoms with Crippen molar-refractivity contribution in [3.8, 4) is 0 Å². The van der Waals surface area contributed by atoms with Crippen LogP contribution in [0.4, 0.5) is 11.5 Å². The summed E-state index contributed by atoms with van der Waals surface area (Å²) in [7, 11) is 0. The molecule has 1 amide bonds. The maximum Gasteiger partial charge on any atom is 0.335 e. The molecule has 0 radical (unpaired) electrons. The van der Waals surface area contributed by atoms with E-state index < -0.39 is 5.97 Å². The Hall–Kier alpha value is -3.65. The van der Waals surface area contributed by atoms with Crippen LogP contribution in [0.1, 0.15) is 46.0 Å². The number of carbonyl (C=O) groups excluding carboxylic acids is 1. The molecule has 3 rings (SSSR count). The molecule has 210 valence electrons. The largest absolute Gasteiger partial charge is 0.498 e. The van der Waals surface area contributed by atoms with Crippen molar-refractivity contribution in [2.75, 3.05) is 43.1 Å². The summed E-state index contributed by atoms with van der Waals surface area (Å²) in [5.74, 6) is 0.732. The smallest absolute Gasteiger partial charge is 0.335 e. The number of carboxylic acid groups (broad SMARTS) is 1. The van der Waals surface area contributed by atoms with Crippen molar-refractivity contribution < 1.29 is 24.2 Å². The Morgan fingerprint density at radius 1 is 1.31 bits per heavy atom. The van der Waals surface area contributed by atoms with Crippen LogP contribution in [0.2, 0.25) is 0 Å². The number of nitrogens with one attached hydrogen (secondary N) is 1. The Morgan fingerprint density at radius 2 is 2.10 bits per heavy atom. The van der Waals surface area contributed by atoms with Gasteiger partial charge in [0.25, 0.3) is 0 Å². The number of rotatable bonds is 12. The van der Waals surface area contributed by atoms with Gasteiger partial charge in [-0.15, -0.1) is 6.58 Å². The fourth-order valence-electron chi connectivity index (χ4n) is 4.57. The molecule has 2 aliphatic heterocycles. The number of aliphatic carboxylic acids is 1. The van der Waals surface area contributed by atoms with Crippen LogP contribution in [0.15, 0.2) is 78.3 Å². The van der Waals surface area contributed by atoms with Gasteiger partial charge in [0.15, 0.2) is 0 Å². The topological polar surface area (TPSA) is 101 Å². The zero-order chi connectivity index (χ0) is 28.0. The quantitative estimate of drug-likeness (QED) is 0.154. The van der Waals surface area contributed by atoms with Crippen LogP contribution in [0.25, 0.3) is 0 Å². The highest BCUT2D eigenvalue weighted by atomic mass is 16.5. The third-order valence-corrected chi connectivity index (χ3v) is 6.88. The van der Waals surface area contributed by atoms with Crippen LogP contribution >= 0.6 is 0 Å². The molecule has 2 fully saturated rings. The standard InChI is InChI=1S/C31H41N3O5/c1-4-7-9-24-17-26(22-38-20-24)30(35)33-27-11-12-29(32-19-27)34-15-13-23(14-16-34)21-39-28(6-3)18-25(31(36)37)10-8-5-2/h4-5,7,9-12,18-19,23,26H,2,6,8,13-17,20-22H2,1,3H3,(H,33,35)(H,36,37)/b7-4-,24-9-,25-10+,28-18+. The lowest BCUT2D eigenvalue weighted by Gasteiger charge is -2.33. The summed E-state index contributed by atoms with van der Waals surface area (Å²) in [5, 5.41) is 12.4. The van der Waals surface area contributed by atoms with Crippen molar-refractivity contribution in [3.05, 3.63) is 78.3 Å². The first-order valence-corrected chi connectivity index (χ1v) is 13.7. The molecule has 3 heterocycles. The Bertz CT molecular complexity index is 1100. The number of amides is 1. The molecule has 1 unspecified atom stereocenters. The summed E-state index contributed by atoms with van der Waals surface area (Å²) in [6, 6.07) is 3.84. The van der Waals surface area contributed by atoms with Crippen LogP contribution < -0.4 is 10.2 Å². The van der Waals surface area contributed by atoms with E-state index in [2.05, 4.69) is 21.8 Å². The Kier molecular flexibility index (Phi) is 12.0. The van der Waals surface area contributed by atoms with Crippen LogP contribution in [0, 0.1) is 11.8 Å². The summed E-state index contributed by atoms with van der Waals surface area (Å²) < 4.78 is 11.6. The molecule has 2 N–H and O–H groups in total. The van der Waals surface area contributed by atoms with Crippen molar-refractivity contribution in [2.24, 2.45) is 11.8 Å². The Morgan fingerprint density at radius 3 is 2.74 bits per heavy atom. The van der Waals surface area contributed by atoms with E-state index in [0.717, 1.165) is 37.3 Å². The summed E-state index contributed by atoms with van der Waals surface area (Å²) in [6.45, 7) is 10.8. The highest BCUT2D eigenvalue weighted by molar-refractivity contribution is 5.93. The van der Waals surface area contributed by atoms with Crippen molar-refractivity contribution in [1.29, 1.82) is 0 Å². The maximum atomic E-state index is 12.8. The van der Waals surface area contributed by atoms with Crippen LogP contribution in [0.3, 0.4) is 0 Å². The first-order chi connectivity index (χ1) is 18.9. The van der Waals surface area contributed by atoms with Gasteiger partial charge in [-0.25, -0.2) is 9.78 Å². The molecule has 8 heteroatoms. The molecule has 8 nitrogen and oxygen atoms in total. The second-order valence-electron chi connectivity index (χ2n) is 9.86. The zero-order valence-electron chi connectivity index (χ0n) is 23.1. The number of hydrogen-bond acceptors (Lipinski definition) is 6. The monoisotopic (exact) mass is 535 g/mol. The lowest BCUT2D eigenvalue weighted by molar-refractivity contribution is -0.132. The summed E-state index contributed by atoms with van der Waals surface area (Å²) in [5.41, 5.74) is 2.03. The summed E-state index contributed by atoms with van der Waals surface area (Å²) in [4.78, 5) is 31.1. The molecular weight excluding hydrogens is 494 g/mol. The lowest BCUT2D eigenvalue weighted by Crippen LogP contribution is -2.35. The zero-order valence-corrected chi connectivity index (χ0v) is 23.1. The number of pyridine rings is 1. The molecule has 2 saturated heterocycles. The molecule has 39 heavy (non-hydrogen) atoms. The SMILES string of the molecule is C=CC/C=C(\C=C(/CC)OCC1CCN(c2ccc(NC(=O)C3COC/C(=C\C=C/C)C3)cn2)CC1)C(=O)O. The molecule has 0 spiro atoms. The van der Waals surface area contributed by atoms with Gasteiger partial charge in [0.1, 0.15) is 5.82 Å². The van der Waals surface area contributed by atoms with Gasteiger partial charge in [-0.1, -0.05) is 37.3 Å². The van der Waals surface area contributed by atoms with Gasteiger partial charge < -0.3 is 24.8 Å². The minimum Gasteiger partial charge on any atom is -0.498 e. The van der Waals surface area contributed by atoms with Crippen LogP contribution in [-0.2, 0) is 19.1 Å². The highest BCUT2D eigenvalue weighted by Gasteiger charge is 2.25. The van der Waals surface area contributed by atoms with Gasteiger partial charge in [0.05, 0.1) is 49.0 Å². The summed E-state index contributed by atoms with van der Waals surface area (Å²) >= 11 is 0. The van der Waals surface area contributed by atoms with Crippen molar-refractivity contribution in [3.63, 3.8) is 0 Å². The van der Waals surface area contributed by atoms with E-state index in [0.29, 0.717) is 56.4 Å². The van der Waals surface area contributed by atoms with E-state index in [-0.39, 0.29) is 17.4 Å². The Balaban J connectivity index is 1.47. The number of carbonyl (C=O) groups is 2. The third kappa shape index (κ3) is 9.55. The number of nitrogens with zero attached hydrogens (tertiary/aromatic N) is 2. The molecule has 2 aliphatic rings. The fraction of sp³-hybridized carbons (Fsp3) is 0.452. The number of piperidine rings is 1. The molecule has 1 aromatic heterocycles. The first-order valence-electron chi connectivity index (χ1n) is 13.7. The number of aromatic nitrogens is 1. The van der Waals surface area contributed by atoms with Gasteiger partial charge in [0, 0.05) is 19.5 Å². The minimum absolute atomic E-state index is 0.0522. The van der Waals surface area contributed by atoms with E-state index in [1.165, 1.54) is 0 Å². The minimum atomic E-state index is -0.966. The van der Waals surface area contributed by atoms with E-state index in [4.69, 9.17) is 9.47 Å². The molecule has 1 aromatic rings. The van der Waals surface area contributed by atoms with Gasteiger partial charge >= 0.3 is 5.97 Å². The van der Waals surface area contributed by atoms with E-state index in [9.17, 15) is 14.7 Å². The fourth-order valence-corrected chi connectivity index (χ4v) is 4.57. The molecule has 0 saturated carbocycles. The Labute approximate surface area is 231 Å². The van der Waals surface area contributed by atoms with Crippen molar-refractivity contribution >= 4 is 23.4 Å². The number of anilines is 2. The van der Waals surface area contributed by atoms with E-state index >= 15 is 0 Å². The van der Waals surface area contributed by atoms with Gasteiger partial charge in [-0.05, 0) is 62.3 Å². The highest BCUT2D eigenvalue weighted by Crippen LogP contribution is 2.25. The predicted octanol–water partition coefficient (Wildman–Crippen LogP) is 5.67. The van der Waals surface area contributed by atoms with Gasteiger partial charge in [-0.3, -0.25) is 4.79 Å². The van der Waals surface area contributed by atoms with Crippen LogP contribution in [-0.4, -0.2) is 54.9 Å². The number of allylic oxidation sites excluding steroid dienone is 6. The summed E-state index contributed by atoms with van der Waals surface area (Å²) in [6.07, 6.45) is 16.3. The molecular formula is C31H41N3O5. The second-order valence-corrected chi connectivity index (χ2v) is 9.86. The maximum absolute atomic E-state index is 12.8. The number of ether oxygens (including phenoxy) is 2. The van der Waals surface area contributed by atoms with Crippen LogP contribution in [0.5, 0.6) is 0 Å². The molecule has 1 atom stereocenters. The van der Waals surface area contributed by atoms with Crippen molar-refractivity contribution in [2.45, 2.75) is 46.0 Å². The predicted molar refractivity (Wildman–Crippen MR) is 154 cm³/mol. The lowest BCUT2D eigenvalue weighted by atomic mass is 9.96. The number of carboxylic acids is 1. The second kappa shape index (κ2) is 15.7. The third-order valence-electron chi connectivity index (χ3n) is 6.88. The average Bonchev–Trinajstić information content (AvgIpc) is 2.96. The van der Waals surface area contributed by atoms with Crippen molar-refractivity contribution in [1.82, 2.24) is 4.98 Å². The number of hydrogen-bond donors (Lipinski definition) is 2.